The second-order valence-electron chi connectivity index (χ2n) is 3.81. The van der Waals surface area contributed by atoms with Crippen molar-refractivity contribution < 1.29 is 0 Å². The van der Waals surface area contributed by atoms with E-state index in [-0.39, 0.29) is 5.54 Å². The molecule has 1 saturated carbocycles. The van der Waals surface area contributed by atoms with Crippen LogP contribution in [0.5, 0.6) is 0 Å². The van der Waals surface area contributed by atoms with Crippen LogP contribution < -0.4 is 5.73 Å². The van der Waals surface area contributed by atoms with Crippen LogP contribution in [0, 0.1) is 5.92 Å². The van der Waals surface area contributed by atoms with Crippen molar-refractivity contribution in [3.05, 3.63) is 0 Å². The van der Waals surface area contributed by atoms with E-state index in [9.17, 15) is 0 Å². The van der Waals surface area contributed by atoms with Crippen molar-refractivity contribution in [1.29, 1.82) is 0 Å². The van der Waals surface area contributed by atoms with Gasteiger partial charge in [0.2, 0.25) is 0 Å². The molecule has 1 nitrogen and oxygen atoms in total. The molecule has 0 aromatic heterocycles. The van der Waals surface area contributed by atoms with E-state index in [1.54, 1.807) is 0 Å². The molecule has 1 aliphatic rings. The summed E-state index contributed by atoms with van der Waals surface area (Å²) in [6.45, 7) is 4.49. The maximum atomic E-state index is 6.00. The molecule has 0 radical (unpaired) electrons. The molecule has 1 rings (SSSR count). The van der Waals surface area contributed by atoms with Gasteiger partial charge in [0.05, 0.1) is 0 Å². The maximum absolute atomic E-state index is 6.00. The molecular formula is C8H17N. The van der Waals surface area contributed by atoms with Gasteiger partial charge in [0.1, 0.15) is 0 Å². The normalized spacial score (nSPS) is 24.0. The van der Waals surface area contributed by atoms with Gasteiger partial charge in [-0.05, 0) is 31.6 Å². The van der Waals surface area contributed by atoms with Crippen molar-refractivity contribution in [3.63, 3.8) is 0 Å². The van der Waals surface area contributed by atoms with E-state index in [1.165, 1.54) is 25.7 Å². The number of hydrogen-bond donors (Lipinski definition) is 1. The lowest BCUT2D eigenvalue weighted by Crippen LogP contribution is -2.47. The number of hydrogen-bond acceptors (Lipinski definition) is 1. The zero-order chi connectivity index (χ0) is 6.91. The van der Waals surface area contributed by atoms with Crippen LogP contribution in [-0.2, 0) is 0 Å². The minimum atomic E-state index is 0.244. The van der Waals surface area contributed by atoms with Crippen molar-refractivity contribution in [2.75, 3.05) is 0 Å². The lowest BCUT2D eigenvalue weighted by Gasteiger charge is -2.39. The molecule has 9 heavy (non-hydrogen) atoms. The quantitative estimate of drug-likeness (QED) is 0.602. The van der Waals surface area contributed by atoms with Gasteiger partial charge in [0.15, 0.2) is 0 Å². The van der Waals surface area contributed by atoms with Gasteiger partial charge >= 0.3 is 0 Å². The van der Waals surface area contributed by atoms with Crippen molar-refractivity contribution in [3.8, 4) is 0 Å². The Morgan fingerprint density at radius 2 is 2.00 bits per heavy atom. The Kier molecular flexibility index (Phi) is 1.80. The first-order valence-electron chi connectivity index (χ1n) is 3.91. The molecule has 0 saturated heterocycles. The molecule has 2 N–H and O–H groups in total. The van der Waals surface area contributed by atoms with Crippen LogP contribution in [0.15, 0.2) is 0 Å². The van der Waals surface area contributed by atoms with Crippen LogP contribution in [0.2, 0.25) is 0 Å². The SMILES string of the molecule is CC(C)CC1(N)CCC1. The highest BCUT2D eigenvalue weighted by Gasteiger charge is 2.32. The molecule has 1 heteroatoms. The Morgan fingerprint density at radius 3 is 2.11 bits per heavy atom. The standard InChI is InChI=1S/C8H17N/c1-7(2)6-8(9)4-3-5-8/h7H,3-6,9H2,1-2H3. The van der Waals surface area contributed by atoms with E-state index in [4.69, 9.17) is 5.73 Å². The topological polar surface area (TPSA) is 26.0 Å². The van der Waals surface area contributed by atoms with Crippen LogP contribution in [0.4, 0.5) is 0 Å². The molecule has 0 aromatic rings. The summed E-state index contributed by atoms with van der Waals surface area (Å²) in [6.07, 6.45) is 5.08. The largest absolute Gasteiger partial charge is 0.325 e. The third kappa shape index (κ3) is 1.68. The fourth-order valence-electron chi connectivity index (χ4n) is 1.65. The summed E-state index contributed by atoms with van der Waals surface area (Å²) in [7, 11) is 0. The van der Waals surface area contributed by atoms with Crippen molar-refractivity contribution in [2.24, 2.45) is 11.7 Å². The van der Waals surface area contributed by atoms with E-state index in [2.05, 4.69) is 13.8 Å². The average molecular weight is 127 g/mol. The first-order valence-corrected chi connectivity index (χ1v) is 3.91. The highest BCUT2D eigenvalue weighted by molar-refractivity contribution is 4.92. The van der Waals surface area contributed by atoms with Gasteiger partial charge in [0, 0.05) is 5.54 Å². The minimum absolute atomic E-state index is 0.244. The van der Waals surface area contributed by atoms with Gasteiger partial charge in [0.25, 0.3) is 0 Å². The Bertz CT molecular complexity index is 92.7. The van der Waals surface area contributed by atoms with Gasteiger partial charge in [-0.1, -0.05) is 13.8 Å². The number of nitrogens with two attached hydrogens (primary N) is 1. The molecule has 0 spiro atoms. The van der Waals surface area contributed by atoms with E-state index in [0.717, 1.165) is 5.92 Å². The van der Waals surface area contributed by atoms with Crippen LogP contribution in [0.1, 0.15) is 39.5 Å². The average Bonchev–Trinajstić information content (AvgIpc) is 1.60. The Labute approximate surface area is 57.6 Å². The molecule has 0 unspecified atom stereocenters. The number of rotatable bonds is 2. The van der Waals surface area contributed by atoms with Crippen molar-refractivity contribution in [1.82, 2.24) is 0 Å². The van der Waals surface area contributed by atoms with Crippen molar-refractivity contribution in [2.45, 2.75) is 45.1 Å². The second-order valence-corrected chi connectivity index (χ2v) is 3.81. The van der Waals surface area contributed by atoms with Gasteiger partial charge in [-0.15, -0.1) is 0 Å². The maximum Gasteiger partial charge on any atom is 0.0156 e. The molecule has 0 aliphatic heterocycles. The van der Waals surface area contributed by atoms with E-state index >= 15 is 0 Å². The summed E-state index contributed by atoms with van der Waals surface area (Å²) in [5, 5.41) is 0. The Morgan fingerprint density at radius 1 is 1.44 bits per heavy atom. The van der Waals surface area contributed by atoms with Gasteiger partial charge in [-0.2, -0.15) is 0 Å². The summed E-state index contributed by atoms with van der Waals surface area (Å²) in [4.78, 5) is 0. The smallest absolute Gasteiger partial charge is 0.0156 e. The lowest BCUT2D eigenvalue weighted by molar-refractivity contribution is 0.206. The molecule has 0 heterocycles. The predicted molar refractivity (Wildman–Crippen MR) is 40.2 cm³/mol. The molecular weight excluding hydrogens is 110 g/mol. The lowest BCUT2D eigenvalue weighted by atomic mass is 9.73. The fourth-order valence-corrected chi connectivity index (χ4v) is 1.65. The Balaban J connectivity index is 2.24. The van der Waals surface area contributed by atoms with Gasteiger partial charge in [-0.3, -0.25) is 0 Å². The van der Waals surface area contributed by atoms with Crippen LogP contribution in [0.3, 0.4) is 0 Å². The molecule has 1 fully saturated rings. The predicted octanol–water partition coefficient (Wildman–Crippen LogP) is 1.91. The summed E-state index contributed by atoms with van der Waals surface area (Å²) in [5.41, 5.74) is 6.25. The molecule has 0 bridgehead atoms. The summed E-state index contributed by atoms with van der Waals surface area (Å²) in [6, 6.07) is 0. The monoisotopic (exact) mass is 127 g/mol. The zero-order valence-electron chi connectivity index (χ0n) is 6.48. The van der Waals surface area contributed by atoms with Crippen LogP contribution in [0.25, 0.3) is 0 Å². The van der Waals surface area contributed by atoms with E-state index < -0.39 is 0 Å². The fraction of sp³-hybridized carbons (Fsp3) is 1.00. The van der Waals surface area contributed by atoms with Gasteiger partial charge < -0.3 is 5.73 Å². The summed E-state index contributed by atoms with van der Waals surface area (Å²) < 4.78 is 0. The first-order chi connectivity index (χ1) is 4.12. The highest BCUT2D eigenvalue weighted by Crippen LogP contribution is 2.34. The van der Waals surface area contributed by atoms with Crippen molar-refractivity contribution >= 4 is 0 Å². The zero-order valence-corrected chi connectivity index (χ0v) is 6.48. The minimum Gasteiger partial charge on any atom is -0.325 e. The third-order valence-corrected chi connectivity index (χ3v) is 2.16. The van der Waals surface area contributed by atoms with Crippen LogP contribution >= 0.6 is 0 Å². The molecule has 0 amide bonds. The molecule has 54 valence electrons. The molecule has 1 aliphatic carbocycles. The molecule has 0 aromatic carbocycles. The molecule has 0 atom stereocenters. The third-order valence-electron chi connectivity index (χ3n) is 2.16. The summed E-state index contributed by atoms with van der Waals surface area (Å²) >= 11 is 0. The summed E-state index contributed by atoms with van der Waals surface area (Å²) in [5.74, 6) is 0.773. The van der Waals surface area contributed by atoms with Crippen LogP contribution in [-0.4, -0.2) is 5.54 Å². The van der Waals surface area contributed by atoms with Gasteiger partial charge in [-0.25, -0.2) is 0 Å². The Hall–Kier alpha value is -0.0400. The van der Waals surface area contributed by atoms with E-state index in [1.807, 2.05) is 0 Å². The second kappa shape index (κ2) is 2.30. The first kappa shape index (κ1) is 7.07. The van der Waals surface area contributed by atoms with E-state index in [0.29, 0.717) is 0 Å². The highest BCUT2D eigenvalue weighted by atomic mass is 14.8.